The zero-order valence-electron chi connectivity index (χ0n) is 19.9. The Hall–Kier alpha value is -4.25. The Kier molecular flexibility index (Phi) is 4.18. The normalized spacial score (nSPS) is 22.8. The predicted molar refractivity (Wildman–Crippen MR) is 135 cm³/mol. The molecule has 0 unspecified atom stereocenters. The molecule has 0 aliphatic heterocycles. The Balaban J connectivity index is 1.73. The van der Waals surface area contributed by atoms with Crippen molar-refractivity contribution in [3.8, 4) is 11.5 Å². The molecular weight excluding hydrogens is 452 g/mol. The van der Waals surface area contributed by atoms with Crippen LogP contribution in [0.5, 0.6) is 11.5 Å². The zero-order chi connectivity index (χ0) is 24.8. The van der Waals surface area contributed by atoms with E-state index < -0.39 is 11.3 Å². The Morgan fingerprint density at radius 1 is 0.806 bits per heavy atom. The summed E-state index contributed by atoms with van der Waals surface area (Å²) in [7, 11) is 3.16. The van der Waals surface area contributed by atoms with Crippen molar-refractivity contribution >= 4 is 28.5 Å². The average molecular weight is 475 g/mol. The van der Waals surface area contributed by atoms with Crippen LogP contribution < -0.4 is 9.47 Å². The minimum atomic E-state index is -0.748. The molecule has 0 N–H and O–H groups in total. The fourth-order valence-electron chi connectivity index (χ4n) is 6.86. The molecule has 4 aliphatic carbocycles. The van der Waals surface area contributed by atoms with Crippen LogP contribution in [0.4, 0.5) is 0 Å². The van der Waals surface area contributed by atoms with E-state index in [1.54, 1.807) is 32.4 Å². The summed E-state index contributed by atoms with van der Waals surface area (Å²) >= 11 is 0. The highest BCUT2D eigenvalue weighted by atomic mass is 16.5. The number of rotatable bonds is 2. The van der Waals surface area contributed by atoms with Gasteiger partial charge < -0.3 is 9.47 Å². The molecule has 0 fully saturated rings. The molecule has 5 nitrogen and oxygen atoms in total. The van der Waals surface area contributed by atoms with Crippen molar-refractivity contribution in [1.29, 1.82) is 0 Å². The van der Waals surface area contributed by atoms with Crippen LogP contribution in [-0.2, 0) is 5.41 Å². The molecule has 176 valence electrons. The van der Waals surface area contributed by atoms with E-state index in [-0.39, 0.29) is 23.8 Å². The highest BCUT2D eigenvalue weighted by Crippen LogP contribution is 2.64. The van der Waals surface area contributed by atoms with Gasteiger partial charge in [-0.1, -0.05) is 42.5 Å². The summed E-state index contributed by atoms with van der Waals surface area (Å²) in [6.45, 7) is 0. The van der Waals surface area contributed by atoms with Gasteiger partial charge >= 0.3 is 0 Å². The largest absolute Gasteiger partial charge is 0.497 e. The van der Waals surface area contributed by atoms with Gasteiger partial charge in [0.25, 0.3) is 0 Å². The standard InChI is InChI=1S/C31H22O5/c1-35-17-13-21-24(32)11-10-20-27(21)23(14-17)31-15-16(30(34)28-22(31)8-5-9-26(28)36-2)12-25(33)18-6-3-4-7-19(18)29(20)31/h3-11,13-14,16H,12,15H2,1-2H3/t16-,31+/m0/s1. The van der Waals surface area contributed by atoms with E-state index >= 15 is 0 Å². The molecule has 0 amide bonds. The van der Waals surface area contributed by atoms with E-state index in [0.717, 1.165) is 33.4 Å². The Morgan fingerprint density at radius 3 is 2.39 bits per heavy atom. The number of carbonyl (C=O) groups excluding carboxylic acids is 3. The Labute approximate surface area is 208 Å². The molecule has 5 heteroatoms. The molecule has 3 aromatic rings. The monoisotopic (exact) mass is 474 g/mol. The molecular formula is C31H22O5. The summed E-state index contributed by atoms with van der Waals surface area (Å²) in [6.07, 6.45) is 4.03. The van der Waals surface area contributed by atoms with Crippen molar-refractivity contribution < 1.29 is 23.9 Å². The van der Waals surface area contributed by atoms with E-state index in [9.17, 15) is 14.4 Å². The fraction of sp³-hybridized carbons (Fsp3) is 0.194. The van der Waals surface area contributed by atoms with E-state index in [2.05, 4.69) is 0 Å². The number of hydrogen-bond acceptors (Lipinski definition) is 5. The zero-order valence-corrected chi connectivity index (χ0v) is 19.9. The van der Waals surface area contributed by atoms with Crippen LogP contribution in [0.25, 0.3) is 11.1 Å². The van der Waals surface area contributed by atoms with Crippen LogP contribution in [0.2, 0.25) is 0 Å². The first kappa shape index (κ1) is 21.1. The van der Waals surface area contributed by atoms with Gasteiger partial charge in [-0.15, -0.1) is 0 Å². The highest BCUT2D eigenvalue weighted by Gasteiger charge is 2.56. The molecule has 2 bridgehead atoms. The van der Waals surface area contributed by atoms with Crippen LogP contribution in [0.3, 0.4) is 0 Å². The molecule has 0 saturated carbocycles. The third-order valence-corrected chi connectivity index (χ3v) is 8.24. The number of methoxy groups -OCH3 is 2. The number of hydrogen-bond donors (Lipinski definition) is 0. The number of fused-ring (bicyclic) bond motifs is 4. The van der Waals surface area contributed by atoms with Gasteiger partial charge in [0, 0.05) is 28.9 Å². The second-order valence-electron chi connectivity index (χ2n) is 9.81. The van der Waals surface area contributed by atoms with Crippen LogP contribution in [-0.4, -0.2) is 31.6 Å². The topological polar surface area (TPSA) is 69.7 Å². The van der Waals surface area contributed by atoms with E-state index in [4.69, 9.17) is 9.47 Å². The fourth-order valence-corrected chi connectivity index (χ4v) is 6.86. The Bertz CT molecular complexity index is 1620. The SMILES string of the molecule is COc1cc2c3c(c1)[C@]14C[C@H](CC(=O)c5ccccc5C1=C3C=CC2=O)C(=O)c1c(OC)cccc14. The molecule has 3 aromatic carbocycles. The third-order valence-electron chi connectivity index (χ3n) is 8.24. The van der Waals surface area contributed by atoms with E-state index in [1.165, 1.54) is 0 Å². The lowest BCUT2D eigenvalue weighted by Gasteiger charge is -2.44. The second-order valence-corrected chi connectivity index (χ2v) is 9.81. The van der Waals surface area contributed by atoms with Gasteiger partial charge in [0.1, 0.15) is 11.5 Å². The number of benzene rings is 3. The van der Waals surface area contributed by atoms with Crippen molar-refractivity contribution in [3.63, 3.8) is 0 Å². The summed E-state index contributed by atoms with van der Waals surface area (Å²) in [4.78, 5) is 40.5. The van der Waals surface area contributed by atoms with Gasteiger partial charge in [0.2, 0.25) is 0 Å². The minimum absolute atomic E-state index is 0.0476. The molecule has 2 atom stereocenters. The first-order chi connectivity index (χ1) is 17.5. The quantitative estimate of drug-likeness (QED) is 0.494. The average Bonchev–Trinajstić information content (AvgIpc) is 3.17. The van der Waals surface area contributed by atoms with Crippen molar-refractivity contribution in [2.75, 3.05) is 14.2 Å². The molecule has 0 aromatic heterocycles. The second kappa shape index (κ2) is 7.14. The number of Topliss-reactive ketones (excluding diaryl/α,β-unsaturated/α-hetero) is 2. The van der Waals surface area contributed by atoms with Crippen LogP contribution in [0.1, 0.15) is 66.2 Å². The molecule has 1 spiro atoms. The van der Waals surface area contributed by atoms with Gasteiger partial charge in [-0.3, -0.25) is 14.4 Å². The van der Waals surface area contributed by atoms with Crippen LogP contribution in [0.15, 0.2) is 66.7 Å². The Morgan fingerprint density at radius 2 is 1.61 bits per heavy atom. The lowest BCUT2D eigenvalue weighted by Crippen LogP contribution is -2.42. The first-order valence-corrected chi connectivity index (χ1v) is 12.0. The highest BCUT2D eigenvalue weighted by molar-refractivity contribution is 6.23. The molecule has 36 heavy (non-hydrogen) atoms. The molecule has 7 rings (SSSR count). The van der Waals surface area contributed by atoms with Crippen molar-refractivity contribution in [1.82, 2.24) is 0 Å². The summed E-state index contributed by atoms with van der Waals surface area (Å²) in [6, 6.07) is 17.1. The molecule has 0 saturated heterocycles. The van der Waals surface area contributed by atoms with Crippen LogP contribution >= 0.6 is 0 Å². The molecule has 4 aliphatic rings. The van der Waals surface area contributed by atoms with Gasteiger partial charge in [-0.2, -0.15) is 0 Å². The molecule has 0 radical (unpaired) electrons. The van der Waals surface area contributed by atoms with Crippen molar-refractivity contribution in [2.45, 2.75) is 18.3 Å². The molecule has 0 heterocycles. The lowest BCUT2D eigenvalue weighted by atomic mass is 9.57. The van der Waals surface area contributed by atoms with Gasteiger partial charge in [-0.25, -0.2) is 0 Å². The number of carbonyl (C=O) groups is 3. The maximum Gasteiger partial charge on any atom is 0.186 e. The van der Waals surface area contributed by atoms with Gasteiger partial charge in [-0.05, 0) is 64.1 Å². The lowest BCUT2D eigenvalue weighted by molar-refractivity contribution is 0.0816. The summed E-state index contributed by atoms with van der Waals surface area (Å²) in [5, 5.41) is 0. The number of ketones is 3. The predicted octanol–water partition coefficient (Wildman–Crippen LogP) is 5.46. The van der Waals surface area contributed by atoms with E-state index in [0.29, 0.717) is 34.6 Å². The maximum atomic E-state index is 13.9. The third kappa shape index (κ3) is 2.42. The maximum absolute atomic E-state index is 13.9. The van der Waals surface area contributed by atoms with Gasteiger partial charge in [0.15, 0.2) is 17.3 Å². The summed E-state index contributed by atoms with van der Waals surface area (Å²) < 4.78 is 11.3. The van der Waals surface area contributed by atoms with Crippen LogP contribution in [0, 0.1) is 5.92 Å². The summed E-state index contributed by atoms with van der Waals surface area (Å²) in [5.41, 5.74) is 6.35. The van der Waals surface area contributed by atoms with Crippen molar-refractivity contribution in [3.05, 3.63) is 106 Å². The number of ether oxygens (including phenoxy) is 2. The van der Waals surface area contributed by atoms with Gasteiger partial charge in [0.05, 0.1) is 19.8 Å². The number of allylic oxidation sites excluding steroid dienone is 4. The van der Waals surface area contributed by atoms with E-state index in [1.807, 2.05) is 48.5 Å². The summed E-state index contributed by atoms with van der Waals surface area (Å²) in [5.74, 6) is 0.368. The van der Waals surface area contributed by atoms with Crippen molar-refractivity contribution in [2.24, 2.45) is 5.92 Å². The smallest absolute Gasteiger partial charge is 0.186 e. The minimum Gasteiger partial charge on any atom is -0.497 e. The first-order valence-electron chi connectivity index (χ1n) is 12.0.